The number of aryl methyl sites for hydroxylation is 2. The van der Waals surface area contributed by atoms with Gasteiger partial charge in [0.05, 0.1) is 11.4 Å². The summed E-state index contributed by atoms with van der Waals surface area (Å²) in [5.74, 6) is -0.978. The molecule has 5 aromatic rings. The molecule has 0 aliphatic carbocycles. The van der Waals surface area contributed by atoms with Crippen molar-refractivity contribution < 1.29 is 9.18 Å². The van der Waals surface area contributed by atoms with E-state index in [0.717, 1.165) is 16.5 Å². The van der Waals surface area contributed by atoms with Crippen LogP contribution in [-0.4, -0.2) is 26.8 Å². The number of para-hydroxylation sites is 2. The third-order valence-electron chi connectivity index (χ3n) is 6.12. The topological polar surface area (TPSA) is 60.1 Å². The van der Waals surface area contributed by atoms with E-state index in [9.17, 15) is 14.0 Å². The highest BCUT2D eigenvalue weighted by Gasteiger charge is 2.27. The van der Waals surface area contributed by atoms with Crippen molar-refractivity contribution in [2.24, 2.45) is 7.05 Å². The van der Waals surface area contributed by atoms with Crippen molar-refractivity contribution in [2.75, 3.05) is 11.4 Å². The van der Waals surface area contributed by atoms with Gasteiger partial charge in [-0.15, -0.1) is 0 Å². The highest BCUT2D eigenvalue weighted by atomic mass is 19.1. The highest BCUT2D eigenvalue weighted by Crippen LogP contribution is 2.30. The molecular weight excluding hydrogens is 431 g/mol. The second kappa shape index (κ2) is 8.26. The van der Waals surface area contributed by atoms with Crippen molar-refractivity contribution >= 4 is 33.4 Å². The molecule has 1 amide bonds. The maximum absolute atomic E-state index is 14.6. The summed E-state index contributed by atoms with van der Waals surface area (Å²) in [5, 5.41) is 5.77. The van der Waals surface area contributed by atoms with Crippen LogP contribution in [-0.2, 0) is 7.05 Å². The zero-order valence-electron chi connectivity index (χ0n) is 19.1. The van der Waals surface area contributed by atoms with Crippen LogP contribution in [0.5, 0.6) is 0 Å². The number of rotatable bonds is 4. The number of carbonyl (C=O) groups is 1. The molecule has 0 radical (unpaired) electrons. The molecule has 0 bridgehead atoms. The summed E-state index contributed by atoms with van der Waals surface area (Å²) in [6, 6.07) is 21.0. The SMILES string of the molecule is CCN(C(=O)c1nn(-c2ccc(C)cc2)c(=O)c2c1c1ccccc1n2C)c1ccccc1F. The molecule has 2 heterocycles. The predicted octanol–water partition coefficient (Wildman–Crippen LogP) is 4.99. The molecule has 0 saturated heterocycles. The van der Waals surface area contributed by atoms with E-state index in [1.807, 2.05) is 43.3 Å². The fourth-order valence-corrected chi connectivity index (χ4v) is 4.41. The zero-order valence-corrected chi connectivity index (χ0v) is 19.1. The Morgan fingerprint density at radius 2 is 1.68 bits per heavy atom. The first-order chi connectivity index (χ1) is 16.4. The normalized spacial score (nSPS) is 11.3. The van der Waals surface area contributed by atoms with Crippen molar-refractivity contribution in [3.8, 4) is 5.69 Å². The minimum Gasteiger partial charge on any atom is -0.339 e. The molecule has 6 nitrogen and oxygen atoms in total. The van der Waals surface area contributed by atoms with Crippen LogP contribution in [0.25, 0.3) is 27.5 Å². The molecule has 0 unspecified atom stereocenters. The first kappa shape index (κ1) is 21.6. The lowest BCUT2D eigenvalue weighted by molar-refractivity contribution is 0.0983. The molecule has 170 valence electrons. The number of benzene rings is 3. The predicted molar refractivity (Wildman–Crippen MR) is 132 cm³/mol. The van der Waals surface area contributed by atoms with Gasteiger partial charge in [-0.3, -0.25) is 9.59 Å². The van der Waals surface area contributed by atoms with E-state index in [1.54, 1.807) is 48.9 Å². The molecule has 0 aliphatic rings. The fraction of sp³-hybridized carbons (Fsp3) is 0.148. The lowest BCUT2D eigenvalue weighted by Crippen LogP contribution is -2.35. The van der Waals surface area contributed by atoms with Gasteiger partial charge in [0.25, 0.3) is 11.5 Å². The Kier molecular flexibility index (Phi) is 5.24. The summed E-state index contributed by atoms with van der Waals surface area (Å²) in [7, 11) is 1.80. The number of nitrogens with zero attached hydrogens (tertiary/aromatic N) is 4. The Morgan fingerprint density at radius 1 is 1.00 bits per heavy atom. The van der Waals surface area contributed by atoms with E-state index >= 15 is 0 Å². The van der Waals surface area contributed by atoms with Crippen LogP contribution in [0.15, 0.2) is 77.6 Å². The molecule has 0 atom stereocenters. The largest absolute Gasteiger partial charge is 0.339 e. The maximum Gasteiger partial charge on any atom is 0.296 e. The van der Waals surface area contributed by atoms with Crippen LogP contribution in [0.3, 0.4) is 0 Å². The van der Waals surface area contributed by atoms with Crippen molar-refractivity contribution in [3.05, 3.63) is 100 Å². The van der Waals surface area contributed by atoms with E-state index in [2.05, 4.69) is 5.10 Å². The number of carbonyl (C=O) groups excluding carboxylic acids is 1. The quantitative estimate of drug-likeness (QED) is 0.384. The third-order valence-corrected chi connectivity index (χ3v) is 6.12. The molecule has 0 saturated carbocycles. The number of fused-ring (bicyclic) bond motifs is 3. The summed E-state index contributed by atoms with van der Waals surface area (Å²) in [6.45, 7) is 3.97. The van der Waals surface area contributed by atoms with E-state index in [-0.39, 0.29) is 23.5 Å². The van der Waals surface area contributed by atoms with Crippen molar-refractivity contribution in [1.29, 1.82) is 0 Å². The van der Waals surface area contributed by atoms with Gasteiger partial charge in [-0.25, -0.2) is 4.39 Å². The van der Waals surface area contributed by atoms with Crippen LogP contribution in [0, 0.1) is 12.7 Å². The Labute approximate surface area is 195 Å². The van der Waals surface area contributed by atoms with Crippen molar-refractivity contribution in [2.45, 2.75) is 13.8 Å². The Hall–Kier alpha value is -4.26. The molecule has 34 heavy (non-hydrogen) atoms. The van der Waals surface area contributed by atoms with Gasteiger partial charge in [-0.2, -0.15) is 9.78 Å². The van der Waals surface area contributed by atoms with E-state index < -0.39 is 11.7 Å². The molecule has 0 N–H and O–H groups in total. The van der Waals surface area contributed by atoms with Gasteiger partial charge in [-0.1, -0.05) is 48.0 Å². The highest BCUT2D eigenvalue weighted by molar-refractivity contribution is 6.20. The zero-order chi connectivity index (χ0) is 24.0. The number of hydrogen-bond donors (Lipinski definition) is 0. The fourth-order valence-electron chi connectivity index (χ4n) is 4.41. The summed E-state index contributed by atoms with van der Waals surface area (Å²) >= 11 is 0. The number of halogens is 1. The average Bonchev–Trinajstić information content (AvgIpc) is 3.15. The summed E-state index contributed by atoms with van der Waals surface area (Å²) < 4.78 is 17.7. The molecule has 0 fully saturated rings. The lowest BCUT2D eigenvalue weighted by Gasteiger charge is -2.22. The first-order valence-corrected chi connectivity index (χ1v) is 11.1. The van der Waals surface area contributed by atoms with E-state index in [0.29, 0.717) is 16.6 Å². The number of aromatic nitrogens is 3. The Bertz CT molecular complexity index is 1620. The molecule has 2 aromatic heterocycles. The standard InChI is InChI=1S/C27H23FN4O2/c1-4-31(22-12-8-6-10-20(22)28)26(33)24-23-19-9-5-7-11-21(19)30(3)25(23)27(34)32(29-24)18-15-13-17(2)14-16-18/h5-16H,4H2,1-3H3. The van der Waals surface area contributed by atoms with Gasteiger partial charge in [0.1, 0.15) is 11.3 Å². The average molecular weight is 455 g/mol. The van der Waals surface area contributed by atoms with Gasteiger partial charge in [0.2, 0.25) is 0 Å². The number of amides is 1. The first-order valence-electron chi connectivity index (χ1n) is 11.1. The van der Waals surface area contributed by atoms with Gasteiger partial charge >= 0.3 is 0 Å². The van der Waals surface area contributed by atoms with Crippen LogP contribution < -0.4 is 10.5 Å². The van der Waals surface area contributed by atoms with Gasteiger partial charge in [0.15, 0.2) is 5.69 Å². The maximum atomic E-state index is 14.6. The van der Waals surface area contributed by atoms with Gasteiger partial charge < -0.3 is 9.47 Å². The molecule has 7 heteroatoms. The molecule has 0 aliphatic heterocycles. The smallest absolute Gasteiger partial charge is 0.296 e. The molecular formula is C27H23FN4O2. The minimum absolute atomic E-state index is 0.0945. The van der Waals surface area contributed by atoms with E-state index in [4.69, 9.17) is 0 Å². The molecule has 0 spiro atoms. The summed E-state index contributed by atoms with van der Waals surface area (Å²) in [5.41, 5.74) is 2.69. The summed E-state index contributed by atoms with van der Waals surface area (Å²) in [6.07, 6.45) is 0. The van der Waals surface area contributed by atoms with Crippen molar-refractivity contribution in [1.82, 2.24) is 14.3 Å². The van der Waals surface area contributed by atoms with Crippen LogP contribution >= 0.6 is 0 Å². The van der Waals surface area contributed by atoms with Crippen LogP contribution in [0.1, 0.15) is 23.0 Å². The third kappa shape index (κ3) is 3.28. The van der Waals surface area contributed by atoms with Gasteiger partial charge in [0, 0.05) is 29.9 Å². The van der Waals surface area contributed by atoms with E-state index in [1.165, 1.54) is 15.6 Å². The molecule has 5 rings (SSSR count). The second-order valence-corrected chi connectivity index (χ2v) is 8.20. The monoisotopic (exact) mass is 454 g/mol. The number of anilines is 1. The van der Waals surface area contributed by atoms with Crippen molar-refractivity contribution in [3.63, 3.8) is 0 Å². The van der Waals surface area contributed by atoms with Gasteiger partial charge in [-0.05, 0) is 44.2 Å². The molecule has 3 aromatic carbocycles. The second-order valence-electron chi connectivity index (χ2n) is 8.20. The number of hydrogen-bond acceptors (Lipinski definition) is 3. The van der Waals surface area contributed by atoms with Crippen LogP contribution in [0.2, 0.25) is 0 Å². The Morgan fingerprint density at radius 3 is 2.38 bits per heavy atom. The summed E-state index contributed by atoms with van der Waals surface area (Å²) in [4.78, 5) is 28.9. The van der Waals surface area contributed by atoms with Crippen LogP contribution in [0.4, 0.5) is 10.1 Å². The Balaban J connectivity index is 1.86. The lowest BCUT2D eigenvalue weighted by atomic mass is 10.1. The minimum atomic E-state index is -0.501.